The van der Waals surface area contributed by atoms with Crippen LogP contribution in [0.15, 0.2) is 71.5 Å². The van der Waals surface area contributed by atoms with Crippen LogP contribution in [-0.4, -0.2) is 89.7 Å². The van der Waals surface area contributed by atoms with Gasteiger partial charge in [0.15, 0.2) is 35.1 Å². The van der Waals surface area contributed by atoms with Crippen LogP contribution in [0.3, 0.4) is 0 Å². The highest BCUT2D eigenvalue weighted by molar-refractivity contribution is 5.84. The summed E-state index contributed by atoms with van der Waals surface area (Å²) in [6, 6.07) is 20.7. The highest BCUT2D eigenvalue weighted by Gasteiger charge is 2.47. The van der Waals surface area contributed by atoms with Crippen LogP contribution in [-0.2, 0) is 11.2 Å². The van der Waals surface area contributed by atoms with Crippen LogP contribution in [0.1, 0.15) is 60.9 Å². The van der Waals surface area contributed by atoms with Crippen LogP contribution in [0.25, 0.3) is 11.2 Å². The van der Waals surface area contributed by atoms with Gasteiger partial charge in [-0.05, 0) is 37.1 Å². The first kappa shape index (κ1) is 30.2. The van der Waals surface area contributed by atoms with Gasteiger partial charge in [0.2, 0.25) is 5.95 Å². The lowest BCUT2D eigenvalue weighted by Gasteiger charge is -2.20. The van der Waals surface area contributed by atoms with E-state index in [2.05, 4.69) is 54.9 Å². The van der Waals surface area contributed by atoms with E-state index in [0.717, 1.165) is 19.6 Å². The number of nitrogens with zero attached hydrogens (tertiary/aromatic N) is 7. The third-order valence-corrected chi connectivity index (χ3v) is 8.76. The minimum absolute atomic E-state index is 0.0550. The minimum atomic E-state index is -1.29. The van der Waals surface area contributed by atoms with Gasteiger partial charge in [-0.3, -0.25) is 4.57 Å². The molecule has 46 heavy (non-hydrogen) atoms. The summed E-state index contributed by atoms with van der Waals surface area (Å²) in [7, 11) is 0. The zero-order valence-corrected chi connectivity index (χ0v) is 25.7. The van der Waals surface area contributed by atoms with Crippen molar-refractivity contribution in [2.45, 2.75) is 56.6 Å². The molecule has 2 aliphatic heterocycles. The predicted molar refractivity (Wildman–Crippen MR) is 171 cm³/mol. The molecule has 0 bridgehead atoms. The van der Waals surface area contributed by atoms with E-state index in [9.17, 15) is 10.2 Å². The number of aliphatic hydroxyl groups excluding tert-OH is 2. The van der Waals surface area contributed by atoms with Crippen molar-refractivity contribution in [2.75, 3.05) is 43.4 Å². The number of hydrogen-bond donors (Lipinski definition) is 4. The maximum absolute atomic E-state index is 11.1. The SMILES string of the molecule is CCc1noc([C@H]2O[C@@H](n3cnc4c(NCC(c5ccccc5)c5ccccc5)nc(NCCN5CCCC5)nc43)[C@H](O)[C@@H]2O)n1. The summed E-state index contributed by atoms with van der Waals surface area (Å²) in [4.78, 5) is 21.1. The first-order chi connectivity index (χ1) is 22.6. The fraction of sp³-hybridized carbons (Fsp3) is 0.424. The summed E-state index contributed by atoms with van der Waals surface area (Å²) in [6.45, 7) is 6.22. The Labute approximate surface area is 266 Å². The third kappa shape index (κ3) is 6.18. The molecule has 5 aromatic rings. The fourth-order valence-electron chi connectivity index (χ4n) is 6.25. The number of anilines is 2. The summed E-state index contributed by atoms with van der Waals surface area (Å²) in [5.74, 6) is 1.65. The van der Waals surface area contributed by atoms with Gasteiger partial charge in [0, 0.05) is 32.0 Å². The molecule has 13 heteroatoms. The molecule has 13 nitrogen and oxygen atoms in total. The molecule has 0 aliphatic carbocycles. The lowest BCUT2D eigenvalue weighted by atomic mass is 9.91. The molecule has 0 unspecified atom stereocenters. The summed E-state index contributed by atoms with van der Waals surface area (Å²) >= 11 is 0. The second-order valence-corrected chi connectivity index (χ2v) is 11.8. The van der Waals surface area contributed by atoms with E-state index in [1.807, 2.05) is 43.3 Å². The van der Waals surface area contributed by atoms with Crippen LogP contribution in [0.2, 0.25) is 0 Å². The summed E-state index contributed by atoms with van der Waals surface area (Å²) in [6.07, 6.45) is -0.0119. The van der Waals surface area contributed by atoms with Gasteiger partial charge in [-0.1, -0.05) is 72.7 Å². The first-order valence-corrected chi connectivity index (χ1v) is 16.0. The average Bonchev–Trinajstić information content (AvgIpc) is 3.91. The molecule has 5 heterocycles. The lowest BCUT2D eigenvalue weighted by Crippen LogP contribution is -2.29. The molecule has 4 N–H and O–H groups in total. The Balaban J connectivity index is 1.20. The van der Waals surface area contributed by atoms with Crippen LogP contribution >= 0.6 is 0 Å². The zero-order valence-electron chi connectivity index (χ0n) is 25.7. The number of benzene rings is 2. The first-order valence-electron chi connectivity index (χ1n) is 16.0. The lowest BCUT2D eigenvalue weighted by molar-refractivity contribution is -0.0451. The van der Waals surface area contributed by atoms with Crippen LogP contribution < -0.4 is 10.6 Å². The molecule has 2 saturated heterocycles. The van der Waals surface area contributed by atoms with Crippen molar-refractivity contribution in [1.82, 2.24) is 34.6 Å². The van der Waals surface area contributed by atoms with E-state index in [1.165, 1.54) is 24.0 Å². The van der Waals surface area contributed by atoms with Gasteiger partial charge in [0.05, 0.1) is 6.33 Å². The van der Waals surface area contributed by atoms with E-state index >= 15 is 0 Å². The Hall–Kier alpha value is -4.43. The second-order valence-electron chi connectivity index (χ2n) is 11.8. The van der Waals surface area contributed by atoms with E-state index < -0.39 is 24.5 Å². The molecule has 7 rings (SSSR count). The minimum Gasteiger partial charge on any atom is -0.387 e. The van der Waals surface area contributed by atoms with Gasteiger partial charge in [0.1, 0.15) is 12.2 Å². The molecule has 0 radical (unpaired) electrons. The molecule has 2 fully saturated rings. The van der Waals surface area contributed by atoms with Crippen molar-refractivity contribution in [3.8, 4) is 0 Å². The number of likely N-dealkylation sites (tertiary alicyclic amines) is 1. The summed E-state index contributed by atoms with van der Waals surface area (Å²) < 4.78 is 13.1. The Morgan fingerprint density at radius 2 is 1.63 bits per heavy atom. The van der Waals surface area contributed by atoms with Crippen LogP contribution in [0.5, 0.6) is 0 Å². The normalized spacial score (nSPS) is 21.8. The van der Waals surface area contributed by atoms with Crippen molar-refractivity contribution in [1.29, 1.82) is 0 Å². The molecule has 0 saturated carbocycles. The molecule has 3 aromatic heterocycles. The molecular weight excluding hydrogens is 586 g/mol. The van der Waals surface area contributed by atoms with Crippen LogP contribution in [0, 0.1) is 0 Å². The van der Waals surface area contributed by atoms with Crippen molar-refractivity contribution >= 4 is 22.9 Å². The van der Waals surface area contributed by atoms with Gasteiger partial charge < -0.3 is 35.0 Å². The number of hydrogen-bond acceptors (Lipinski definition) is 12. The van der Waals surface area contributed by atoms with E-state index in [4.69, 9.17) is 19.2 Å². The van der Waals surface area contributed by atoms with Crippen molar-refractivity contribution in [3.05, 3.63) is 89.8 Å². The Morgan fingerprint density at radius 3 is 2.30 bits per heavy atom. The Bertz CT molecular complexity index is 1690. The smallest absolute Gasteiger partial charge is 0.258 e. The topological polar surface area (TPSA) is 160 Å². The number of ether oxygens (including phenoxy) is 1. The second kappa shape index (κ2) is 13.5. The molecular formula is C33H39N9O4. The van der Waals surface area contributed by atoms with Crippen molar-refractivity contribution in [3.63, 3.8) is 0 Å². The van der Waals surface area contributed by atoms with Gasteiger partial charge in [0.25, 0.3) is 5.89 Å². The largest absolute Gasteiger partial charge is 0.387 e. The number of aromatic nitrogens is 6. The highest BCUT2D eigenvalue weighted by Crippen LogP contribution is 2.40. The number of aryl methyl sites for hydroxylation is 1. The van der Waals surface area contributed by atoms with Gasteiger partial charge in [-0.15, -0.1) is 0 Å². The summed E-state index contributed by atoms with van der Waals surface area (Å²) in [5.41, 5.74) is 3.32. The molecule has 240 valence electrons. The molecule has 0 amide bonds. The van der Waals surface area contributed by atoms with Gasteiger partial charge in [-0.2, -0.15) is 15.0 Å². The van der Waals surface area contributed by atoms with E-state index in [0.29, 0.717) is 48.3 Å². The number of imidazole rings is 1. The number of rotatable bonds is 12. The molecule has 2 aromatic carbocycles. The van der Waals surface area contributed by atoms with Crippen LogP contribution in [0.4, 0.5) is 11.8 Å². The predicted octanol–water partition coefficient (Wildman–Crippen LogP) is 3.52. The highest BCUT2D eigenvalue weighted by atomic mass is 16.6. The molecule has 2 aliphatic rings. The standard InChI is InChI=1S/C33H39N9O4/c1-2-24-37-31(46-40-24)28-26(43)27(44)32(45-28)42-20-36-25-29(38-33(39-30(25)42)34-15-18-41-16-9-10-17-41)35-19-23(21-11-5-3-6-12-21)22-13-7-4-8-14-22/h3-8,11-14,20,23,26-28,32,43-44H,2,9-10,15-19H2,1H3,(H2,34,35,38,39)/t26-,27+,28-,32+/m0/s1. The van der Waals surface area contributed by atoms with E-state index in [1.54, 1.807) is 10.9 Å². The molecule has 4 atom stereocenters. The quantitative estimate of drug-likeness (QED) is 0.160. The third-order valence-electron chi connectivity index (χ3n) is 8.76. The van der Waals surface area contributed by atoms with Crippen molar-refractivity contribution in [2.24, 2.45) is 0 Å². The fourth-order valence-corrected chi connectivity index (χ4v) is 6.25. The van der Waals surface area contributed by atoms with Crippen molar-refractivity contribution < 1.29 is 19.5 Å². The Morgan fingerprint density at radius 1 is 0.913 bits per heavy atom. The maximum Gasteiger partial charge on any atom is 0.258 e. The maximum atomic E-state index is 11.1. The molecule has 0 spiro atoms. The Kier molecular flexibility index (Phi) is 8.88. The van der Waals surface area contributed by atoms with Gasteiger partial charge in [-0.25, -0.2) is 4.98 Å². The zero-order chi connectivity index (χ0) is 31.5. The van der Waals surface area contributed by atoms with E-state index in [-0.39, 0.29) is 11.8 Å². The monoisotopic (exact) mass is 625 g/mol. The summed E-state index contributed by atoms with van der Waals surface area (Å²) in [5, 5.41) is 32.9. The van der Waals surface area contributed by atoms with Gasteiger partial charge >= 0.3 is 0 Å². The number of fused-ring (bicyclic) bond motifs is 1. The average molecular weight is 626 g/mol. The number of aliphatic hydroxyl groups is 2. The number of nitrogens with one attached hydrogen (secondary N) is 2.